The van der Waals surface area contributed by atoms with Crippen LogP contribution in [0.25, 0.3) is 0 Å². The maximum absolute atomic E-state index is 8.85. The van der Waals surface area contributed by atoms with Gasteiger partial charge in [0.15, 0.2) is 0 Å². The minimum atomic E-state index is -0.150. The van der Waals surface area contributed by atoms with Gasteiger partial charge in [0.05, 0.1) is 11.5 Å². The van der Waals surface area contributed by atoms with Crippen molar-refractivity contribution < 1.29 is 0 Å². The highest BCUT2D eigenvalue weighted by atomic mass is 15.1. The maximum Gasteiger partial charge on any atom is 0.0683 e. The number of rotatable bonds is 9. The van der Waals surface area contributed by atoms with Crippen LogP contribution >= 0.6 is 0 Å². The molecule has 0 saturated heterocycles. The predicted molar refractivity (Wildman–Crippen MR) is 69.3 cm³/mol. The Morgan fingerprint density at radius 3 is 2.50 bits per heavy atom. The summed E-state index contributed by atoms with van der Waals surface area (Å²) < 4.78 is 0. The lowest BCUT2D eigenvalue weighted by Crippen LogP contribution is -2.29. The molecular formula is C13H27N3. The smallest absolute Gasteiger partial charge is 0.0683 e. The molecule has 0 atom stereocenters. The minimum Gasteiger partial charge on any atom is -0.315 e. The van der Waals surface area contributed by atoms with Crippen LogP contribution in [0.1, 0.15) is 40.0 Å². The molecule has 0 amide bonds. The van der Waals surface area contributed by atoms with E-state index in [2.05, 4.69) is 30.3 Å². The number of hydrogen-bond acceptors (Lipinski definition) is 3. The van der Waals surface area contributed by atoms with E-state index in [-0.39, 0.29) is 5.41 Å². The number of unbranched alkanes of at least 4 members (excludes halogenated alkanes) is 1. The summed E-state index contributed by atoms with van der Waals surface area (Å²) in [6, 6.07) is 2.34. The van der Waals surface area contributed by atoms with Crippen LogP contribution in [0.2, 0.25) is 0 Å². The molecule has 0 fully saturated rings. The summed E-state index contributed by atoms with van der Waals surface area (Å²) in [6.45, 7) is 10.5. The lowest BCUT2D eigenvalue weighted by atomic mass is 9.89. The van der Waals surface area contributed by atoms with E-state index in [0.717, 1.165) is 39.0 Å². The van der Waals surface area contributed by atoms with Crippen LogP contribution in [0, 0.1) is 16.7 Å². The summed E-state index contributed by atoms with van der Waals surface area (Å²) >= 11 is 0. The van der Waals surface area contributed by atoms with Crippen molar-refractivity contribution in [3.05, 3.63) is 0 Å². The molecule has 0 aliphatic carbocycles. The Bertz CT molecular complexity index is 206. The molecule has 0 bridgehead atoms. The average Bonchev–Trinajstić information content (AvgIpc) is 2.27. The molecule has 0 saturated carbocycles. The Kier molecular flexibility index (Phi) is 8.23. The van der Waals surface area contributed by atoms with Crippen molar-refractivity contribution in [2.75, 3.05) is 33.2 Å². The van der Waals surface area contributed by atoms with Crippen LogP contribution in [-0.2, 0) is 0 Å². The summed E-state index contributed by atoms with van der Waals surface area (Å²) in [4.78, 5) is 2.30. The van der Waals surface area contributed by atoms with Gasteiger partial charge >= 0.3 is 0 Å². The lowest BCUT2D eigenvalue weighted by Gasteiger charge is -2.15. The molecule has 94 valence electrons. The first-order valence-electron chi connectivity index (χ1n) is 6.32. The van der Waals surface area contributed by atoms with E-state index in [4.69, 9.17) is 5.26 Å². The average molecular weight is 225 g/mol. The number of likely N-dealkylation sites (N-methyl/N-ethyl adjacent to an activating group) is 1. The summed E-state index contributed by atoms with van der Waals surface area (Å²) in [5.74, 6) is 0. The van der Waals surface area contributed by atoms with Crippen LogP contribution in [0.4, 0.5) is 0 Å². The monoisotopic (exact) mass is 225 g/mol. The first-order chi connectivity index (χ1) is 7.52. The van der Waals surface area contributed by atoms with E-state index in [1.54, 1.807) is 0 Å². The van der Waals surface area contributed by atoms with E-state index in [1.165, 1.54) is 6.42 Å². The molecule has 0 aliphatic heterocycles. The van der Waals surface area contributed by atoms with Gasteiger partial charge in [0.25, 0.3) is 0 Å². The Morgan fingerprint density at radius 1 is 1.25 bits per heavy atom. The summed E-state index contributed by atoms with van der Waals surface area (Å²) in [7, 11) is 2.14. The standard InChI is InChI=1S/C13H27N3/c1-5-16(4)11-10-15-9-7-6-8-13(2,3)12-14/h15H,5-11H2,1-4H3. The second-order valence-electron chi connectivity index (χ2n) is 5.10. The Labute approximate surface area is 101 Å². The first-order valence-corrected chi connectivity index (χ1v) is 6.32. The highest BCUT2D eigenvalue weighted by Gasteiger charge is 2.14. The van der Waals surface area contributed by atoms with Gasteiger partial charge in [-0.3, -0.25) is 0 Å². The van der Waals surface area contributed by atoms with Crippen LogP contribution in [-0.4, -0.2) is 38.1 Å². The molecule has 0 radical (unpaired) electrons. The van der Waals surface area contributed by atoms with Gasteiger partial charge in [0.1, 0.15) is 0 Å². The van der Waals surface area contributed by atoms with Crippen LogP contribution in [0.5, 0.6) is 0 Å². The second-order valence-corrected chi connectivity index (χ2v) is 5.10. The maximum atomic E-state index is 8.85. The van der Waals surface area contributed by atoms with E-state index >= 15 is 0 Å². The summed E-state index contributed by atoms with van der Waals surface area (Å²) in [5.41, 5.74) is -0.150. The zero-order valence-electron chi connectivity index (χ0n) is 11.3. The molecule has 0 aromatic heterocycles. The predicted octanol–water partition coefficient (Wildman–Crippen LogP) is 2.25. The molecule has 0 aliphatic rings. The van der Waals surface area contributed by atoms with Gasteiger partial charge in [0, 0.05) is 13.1 Å². The topological polar surface area (TPSA) is 39.1 Å². The fourth-order valence-corrected chi connectivity index (χ4v) is 1.43. The van der Waals surface area contributed by atoms with E-state index in [9.17, 15) is 0 Å². The number of nitrogens with one attached hydrogen (secondary N) is 1. The van der Waals surface area contributed by atoms with Gasteiger partial charge < -0.3 is 10.2 Å². The zero-order chi connectivity index (χ0) is 12.4. The second kappa shape index (κ2) is 8.55. The molecule has 0 aromatic carbocycles. The van der Waals surface area contributed by atoms with Crippen LogP contribution < -0.4 is 5.32 Å². The molecule has 3 heteroatoms. The van der Waals surface area contributed by atoms with Crippen molar-refractivity contribution in [1.29, 1.82) is 5.26 Å². The molecule has 16 heavy (non-hydrogen) atoms. The van der Waals surface area contributed by atoms with E-state index in [1.807, 2.05) is 13.8 Å². The fraction of sp³-hybridized carbons (Fsp3) is 0.923. The molecule has 0 unspecified atom stereocenters. The fourth-order valence-electron chi connectivity index (χ4n) is 1.43. The van der Waals surface area contributed by atoms with Crippen molar-refractivity contribution in [1.82, 2.24) is 10.2 Å². The van der Waals surface area contributed by atoms with Crippen molar-refractivity contribution in [3.63, 3.8) is 0 Å². The summed E-state index contributed by atoms with van der Waals surface area (Å²) in [6.07, 6.45) is 3.30. The van der Waals surface area contributed by atoms with Gasteiger partial charge in [-0.2, -0.15) is 5.26 Å². The van der Waals surface area contributed by atoms with E-state index in [0.29, 0.717) is 0 Å². The van der Waals surface area contributed by atoms with Crippen molar-refractivity contribution in [2.45, 2.75) is 40.0 Å². The molecule has 0 rings (SSSR count). The third-order valence-electron chi connectivity index (χ3n) is 2.92. The Morgan fingerprint density at radius 2 is 1.94 bits per heavy atom. The van der Waals surface area contributed by atoms with Crippen molar-refractivity contribution in [2.24, 2.45) is 5.41 Å². The number of nitriles is 1. The molecule has 3 nitrogen and oxygen atoms in total. The highest BCUT2D eigenvalue weighted by molar-refractivity contribution is 4.91. The van der Waals surface area contributed by atoms with Crippen LogP contribution in [0.15, 0.2) is 0 Å². The van der Waals surface area contributed by atoms with Gasteiger partial charge in [-0.1, -0.05) is 13.3 Å². The third kappa shape index (κ3) is 8.70. The zero-order valence-corrected chi connectivity index (χ0v) is 11.3. The quantitative estimate of drug-likeness (QED) is 0.612. The normalized spacial score (nSPS) is 11.8. The largest absolute Gasteiger partial charge is 0.315 e. The van der Waals surface area contributed by atoms with Crippen LogP contribution in [0.3, 0.4) is 0 Å². The Hall–Kier alpha value is -0.590. The Balaban J connectivity index is 3.26. The first kappa shape index (κ1) is 15.4. The van der Waals surface area contributed by atoms with Gasteiger partial charge in [-0.15, -0.1) is 0 Å². The molecule has 1 N–H and O–H groups in total. The van der Waals surface area contributed by atoms with Crippen molar-refractivity contribution >= 4 is 0 Å². The lowest BCUT2D eigenvalue weighted by molar-refractivity contribution is 0.347. The minimum absolute atomic E-state index is 0.150. The van der Waals surface area contributed by atoms with E-state index < -0.39 is 0 Å². The molecular weight excluding hydrogens is 198 g/mol. The van der Waals surface area contributed by atoms with Crippen molar-refractivity contribution in [3.8, 4) is 6.07 Å². The molecule has 0 spiro atoms. The van der Waals surface area contributed by atoms with Gasteiger partial charge in [0.2, 0.25) is 0 Å². The highest BCUT2D eigenvalue weighted by Crippen LogP contribution is 2.21. The number of hydrogen-bond donors (Lipinski definition) is 1. The van der Waals surface area contributed by atoms with Gasteiger partial charge in [-0.25, -0.2) is 0 Å². The summed E-state index contributed by atoms with van der Waals surface area (Å²) in [5, 5.41) is 12.3. The molecule has 0 heterocycles. The number of nitrogens with zero attached hydrogens (tertiary/aromatic N) is 2. The SMILES string of the molecule is CCN(C)CCNCCCCC(C)(C)C#N. The van der Waals surface area contributed by atoms with Gasteiger partial charge in [-0.05, 0) is 46.8 Å². The third-order valence-corrected chi connectivity index (χ3v) is 2.92. The molecule has 0 aromatic rings.